The van der Waals surface area contributed by atoms with Gasteiger partial charge in [0.15, 0.2) is 16.6 Å². The van der Waals surface area contributed by atoms with E-state index in [9.17, 15) is 4.57 Å². The quantitative estimate of drug-likeness (QED) is 0.408. The highest BCUT2D eigenvalue weighted by Gasteiger charge is 2.38. The van der Waals surface area contributed by atoms with Crippen LogP contribution in [0, 0.1) is 5.41 Å². The number of nitrogens with two attached hydrogens (primary N) is 1. The monoisotopic (exact) mass is 373 g/mol. The number of nitrogens with zero attached hydrogens (tertiary/aromatic N) is 4. The van der Waals surface area contributed by atoms with Crippen LogP contribution in [0.3, 0.4) is 0 Å². The van der Waals surface area contributed by atoms with Crippen LogP contribution >= 0.6 is 19.6 Å². The van der Waals surface area contributed by atoms with Gasteiger partial charge < -0.3 is 20.1 Å². The molecule has 0 bridgehead atoms. The standard InChI is InChI=1S/C13H20N5O4PS/c1-13(6-22-23(19,20)21)4-3-8(5-13)18-7-15-9-10(14)16-12(24-2)17-11(9)18/h7-8H,3-6H2,1-2H3,(H2,14,16,17)(H2,19,20,21)/t8-,13+/m0/s1. The van der Waals surface area contributed by atoms with Gasteiger partial charge in [-0.1, -0.05) is 18.7 Å². The molecule has 11 heteroatoms. The molecule has 0 aliphatic heterocycles. The van der Waals surface area contributed by atoms with E-state index < -0.39 is 7.82 Å². The molecule has 0 aromatic carbocycles. The molecule has 1 aliphatic rings. The first-order valence-electron chi connectivity index (χ1n) is 7.45. The third kappa shape index (κ3) is 3.57. The van der Waals surface area contributed by atoms with Crippen molar-refractivity contribution in [1.29, 1.82) is 0 Å². The summed E-state index contributed by atoms with van der Waals surface area (Å²) in [6.45, 7) is 1.99. The van der Waals surface area contributed by atoms with Crippen molar-refractivity contribution in [3.8, 4) is 0 Å². The lowest BCUT2D eigenvalue weighted by molar-refractivity contribution is 0.119. The minimum Gasteiger partial charge on any atom is -0.382 e. The van der Waals surface area contributed by atoms with E-state index in [0.717, 1.165) is 19.3 Å². The molecule has 2 aromatic heterocycles. The SMILES string of the molecule is CSc1nc(N)c2ncn([C@H]3CC[C@@](C)(COP(=O)(O)O)C3)c2n1. The van der Waals surface area contributed by atoms with Crippen LogP contribution in [0.1, 0.15) is 32.2 Å². The highest BCUT2D eigenvalue weighted by Crippen LogP contribution is 2.48. The predicted octanol–water partition coefficient (Wildman–Crippen LogP) is 1.97. The van der Waals surface area contributed by atoms with E-state index in [1.807, 2.05) is 17.7 Å². The van der Waals surface area contributed by atoms with E-state index in [1.54, 1.807) is 6.33 Å². The van der Waals surface area contributed by atoms with Crippen molar-refractivity contribution in [2.24, 2.45) is 5.41 Å². The molecular formula is C13H20N5O4PS. The third-order valence-electron chi connectivity index (χ3n) is 4.39. The maximum absolute atomic E-state index is 10.9. The number of imidazole rings is 1. The Morgan fingerprint density at radius 2 is 2.29 bits per heavy atom. The second kappa shape index (κ2) is 6.27. The number of aromatic nitrogens is 4. The summed E-state index contributed by atoms with van der Waals surface area (Å²) in [6, 6.07) is 0.129. The minimum absolute atomic E-state index is 0.0214. The minimum atomic E-state index is -4.46. The van der Waals surface area contributed by atoms with E-state index in [4.69, 9.17) is 20.0 Å². The number of phosphoric acid groups is 1. The molecular weight excluding hydrogens is 353 g/mol. The van der Waals surface area contributed by atoms with Gasteiger partial charge in [0, 0.05) is 6.04 Å². The van der Waals surface area contributed by atoms with E-state index in [0.29, 0.717) is 22.1 Å². The first-order chi connectivity index (χ1) is 11.2. The molecule has 1 aliphatic carbocycles. The van der Waals surface area contributed by atoms with Gasteiger partial charge in [-0.25, -0.2) is 19.5 Å². The summed E-state index contributed by atoms with van der Waals surface area (Å²) >= 11 is 1.41. The normalized spacial score (nSPS) is 24.8. The Hall–Kier alpha value is -1.19. The van der Waals surface area contributed by atoms with Crippen molar-refractivity contribution >= 4 is 36.6 Å². The number of hydrogen-bond acceptors (Lipinski definition) is 7. The number of fused-ring (bicyclic) bond motifs is 1. The van der Waals surface area contributed by atoms with E-state index in [1.165, 1.54) is 11.8 Å². The molecule has 9 nitrogen and oxygen atoms in total. The number of thioether (sulfide) groups is 1. The van der Waals surface area contributed by atoms with Crippen LogP contribution in [0.15, 0.2) is 11.5 Å². The lowest BCUT2D eigenvalue weighted by Crippen LogP contribution is -2.20. The van der Waals surface area contributed by atoms with Crippen LogP contribution in [0.4, 0.5) is 5.82 Å². The Kier molecular flexibility index (Phi) is 4.61. The van der Waals surface area contributed by atoms with Gasteiger partial charge >= 0.3 is 7.82 Å². The molecule has 1 fully saturated rings. The van der Waals surface area contributed by atoms with Crippen molar-refractivity contribution in [2.45, 2.75) is 37.4 Å². The average molecular weight is 373 g/mol. The number of hydrogen-bond donors (Lipinski definition) is 3. The lowest BCUT2D eigenvalue weighted by atomic mass is 9.90. The second-order valence-corrected chi connectivity index (χ2v) is 8.40. The summed E-state index contributed by atoms with van der Waals surface area (Å²) < 4.78 is 17.6. The molecule has 24 heavy (non-hydrogen) atoms. The first-order valence-corrected chi connectivity index (χ1v) is 10.2. The number of phosphoric ester groups is 1. The molecule has 2 heterocycles. The maximum Gasteiger partial charge on any atom is 0.469 e. The van der Waals surface area contributed by atoms with Gasteiger partial charge in [-0.05, 0) is 30.9 Å². The second-order valence-electron chi connectivity index (χ2n) is 6.39. The Morgan fingerprint density at radius 3 is 2.96 bits per heavy atom. The van der Waals surface area contributed by atoms with Crippen LogP contribution in [0.25, 0.3) is 11.2 Å². The third-order valence-corrected chi connectivity index (χ3v) is 5.41. The van der Waals surface area contributed by atoms with Crippen molar-refractivity contribution in [3.63, 3.8) is 0 Å². The summed E-state index contributed by atoms with van der Waals surface area (Å²) in [5.74, 6) is 0.355. The molecule has 4 N–H and O–H groups in total. The molecule has 2 aromatic rings. The molecule has 0 unspecified atom stereocenters. The first kappa shape index (κ1) is 17.6. The predicted molar refractivity (Wildman–Crippen MR) is 90.5 cm³/mol. The van der Waals surface area contributed by atoms with Gasteiger partial charge in [0.2, 0.25) is 0 Å². The van der Waals surface area contributed by atoms with Crippen molar-refractivity contribution < 1.29 is 18.9 Å². The molecule has 3 rings (SSSR count). The van der Waals surface area contributed by atoms with Gasteiger partial charge in [-0.15, -0.1) is 0 Å². The largest absolute Gasteiger partial charge is 0.469 e. The molecule has 0 amide bonds. The summed E-state index contributed by atoms with van der Waals surface area (Å²) in [4.78, 5) is 30.8. The zero-order valence-electron chi connectivity index (χ0n) is 13.4. The van der Waals surface area contributed by atoms with Gasteiger partial charge in [0.05, 0.1) is 12.9 Å². The molecule has 0 spiro atoms. The van der Waals surface area contributed by atoms with Crippen molar-refractivity contribution in [3.05, 3.63) is 6.33 Å². The fourth-order valence-electron chi connectivity index (χ4n) is 3.17. The molecule has 2 atom stereocenters. The fraction of sp³-hybridized carbons (Fsp3) is 0.615. The van der Waals surface area contributed by atoms with Crippen LogP contribution < -0.4 is 5.73 Å². The zero-order valence-corrected chi connectivity index (χ0v) is 15.1. The summed E-state index contributed by atoms with van der Waals surface area (Å²) in [5.41, 5.74) is 6.91. The topological polar surface area (TPSA) is 136 Å². The summed E-state index contributed by atoms with van der Waals surface area (Å²) in [7, 11) is -4.46. The van der Waals surface area contributed by atoms with Crippen LogP contribution in [0.2, 0.25) is 0 Å². The Bertz CT molecular complexity index is 809. The number of anilines is 1. The smallest absolute Gasteiger partial charge is 0.382 e. The zero-order chi connectivity index (χ0) is 17.5. The Labute approximate surface area is 143 Å². The number of rotatable bonds is 5. The van der Waals surface area contributed by atoms with Gasteiger partial charge in [0.25, 0.3) is 0 Å². The van der Waals surface area contributed by atoms with Gasteiger partial charge in [-0.3, -0.25) is 4.52 Å². The maximum atomic E-state index is 10.9. The molecule has 0 radical (unpaired) electrons. The van der Waals surface area contributed by atoms with Crippen LogP contribution in [-0.4, -0.2) is 42.2 Å². The van der Waals surface area contributed by atoms with Crippen LogP contribution in [-0.2, 0) is 9.09 Å². The summed E-state index contributed by atoms with van der Waals surface area (Å²) in [6.07, 6.45) is 5.96. The fourth-order valence-corrected chi connectivity index (χ4v) is 4.02. The van der Waals surface area contributed by atoms with E-state index >= 15 is 0 Å². The van der Waals surface area contributed by atoms with Crippen LogP contribution in [0.5, 0.6) is 0 Å². The lowest BCUT2D eigenvalue weighted by Gasteiger charge is -2.24. The molecule has 1 saturated carbocycles. The summed E-state index contributed by atoms with van der Waals surface area (Å²) in [5, 5.41) is 0.590. The Morgan fingerprint density at radius 1 is 1.54 bits per heavy atom. The number of nitrogen functional groups attached to an aromatic ring is 1. The average Bonchev–Trinajstić information content (AvgIpc) is 3.09. The highest BCUT2D eigenvalue weighted by molar-refractivity contribution is 7.98. The van der Waals surface area contributed by atoms with Gasteiger partial charge in [-0.2, -0.15) is 0 Å². The molecule has 132 valence electrons. The highest BCUT2D eigenvalue weighted by atomic mass is 32.2. The van der Waals surface area contributed by atoms with E-state index in [-0.39, 0.29) is 18.1 Å². The molecule has 0 saturated heterocycles. The Balaban J connectivity index is 1.84. The van der Waals surface area contributed by atoms with E-state index in [2.05, 4.69) is 15.0 Å². The van der Waals surface area contributed by atoms with Crippen molar-refractivity contribution in [1.82, 2.24) is 19.5 Å². The van der Waals surface area contributed by atoms with Gasteiger partial charge in [0.1, 0.15) is 5.52 Å². The van der Waals surface area contributed by atoms with Crippen molar-refractivity contribution in [2.75, 3.05) is 18.6 Å².